The van der Waals surface area contributed by atoms with Gasteiger partial charge in [-0.3, -0.25) is 5.10 Å². The normalized spacial score (nSPS) is 16.2. The molecule has 1 saturated heterocycles. The van der Waals surface area contributed by atoms with Crippen LogP contribution >= 0.6 is 0 Å². The summed E-state index contributed by atoms with van der Waals surface area (Å²) in [4.78, 5) is 15.7. The number of H-pyrrole nitrogens is 1. The van der Waals surface area contributed by atoms with Crippen molar-refractivity contribution < 1.29 is 14.3 Å². The van der Waals surface area contributed by atoms with Crippen LogP contribution in [0.2, 0.25) is 0 Å². The summed E-state index contributed by atoms with van der Waals surface area (Å²) < 4.78 is 9.98. The highest BCUT2D eigenvalue weighted by molar-refractivity contribution is 5.97. The molecule has 22 heavy (non-hydrogen) atoms. The van der Waals surface area contributed by atoms with Gasteiger partial charge in [0.15, 0.2) is 0 Å². The largest absolute Gasteiger partial charge is 0.466 e. The highest BCUT2D eigenvalue weighted by Gasteiger charge is 2.17. The van der Waals surface area contributed by atoms with Crippen molar-refractivity contribution in [2.24, 2.45) is 0 Å². The van der Waals surface area contributed by atoms with Crippen LogP contribution in [-0.2, 0) is 14.3 Å². The molecule has 2 N–H and O–H groups in total. The zero-order chi connectivity index (χ0) is 15.4. The Balaban J connectivity index is 1.90. The van der Waals surface area contributed by atoms with Gasteiger partial charge < -0.3 is 14.8 Å². The molecule has 0 amide bonds. The molecular formula is C15H18N4O3. The first kappa shape index (κ1) is 14.5. The second kappa shape index (κ2) is 6.57. The lowest BCUT2D eigenvalue weighted by atomic mass is 10.1. The maximum Gasteiger partial charge on any atom is 0.330 e. The van der Waals surface area contributed by atoms with Crippen LogP contribution in [0.5, 0.6) is 0 Å². The Morgan fingerprint density at radius 3 is 3.09 bits per heavy atom. The van der Waals surface area contributed by atoms with Crippen molar-refractivity contribution in [2.75, 3.05) is 25.6 Å². The van der Waals surface area contributed by atoms with Gasteiger partial charge in [0.2, 0.25) is 0 Å². The van der Waals surface area contributed by atoms with E-state index >= 15 is 0 Å². The van der Waals surface area contributed by atoms with Gasteiger partial charge in [0.1, 0.15) is 5.82 Å². The minimum atomic E-state index is -0.412. The maximum absolute atomic E-state index is 11.3. The minimum Gasteiger partial charge on any atom is -0.466 e. The van der Waals surface area contributed by atoms with Gasteiger partial charge in [-0.2, -0.15) is 5.10 Å². The van der Waals surface area contributed by atoms with E-state index in [-0.39, 0.29) is 0 Å². The molecule has 1 aliphatic rings. The van der Waals surface area contributed by atoms with Crippen molar-refractivity contribution in [1.82, 2.24) is 15.2 Å². The third kappa shape index (κ3) is 3.09. The first-order valence-electron chi connectivity index (χ1n) is 7.21. The number of ether oxygens (including phenoxy) is 2. The quantitative estimate of drug-likeness (QED) is 0.660. The molecule has 3 rings (SSSR count). The zero-order valence-corrected chi connectivity index (χ0v) is 12.3. The maximum atomic E-state index is 11.3. The first-order chi connectivity index (χ1) is 10.8. The van der Waals surface area contributed by atoms with Crippen LogP contribution < -0.4 is 5.32 Å². The molecule has 0 unspecified atom stereocenters. The fourth-order valence-corrected chi connectivity index (χ4v) is 2.47. The summed E-state index contributed by atoms with van der Waals surface area (Å²) in [7, 11) is 1.34. The van der Waals surface area contributed by atoms with Crippen molar-refractivity contribution >= 4 is 28.8 Å². The molecule has 1 fully saturated rings. The van der Waals surface area contributed by atoms with Crippen LogP contribution in [-0.4, -0.2) is 47.5 Å². The summed E-state index contributed by atoms with van der Waals surface area (Å²) in [6.07, 6.45) is 6.63. The van der Waals surface area contributed by atoms with Crippen molar-refractivity contribution in [3.8, 4) is 0 Å². The highest BCUT2D eigenvalue weighted by atomic mass is 16.5. The number of pyridine rings is 1. The van der Waals surface area contributed by atoms with Gasteiger partial charge in [-0.25, -0.2) is 9.78 Å². The number of aromatic nitrogens is 3. The van der Waals surface area contributed by atoms with E-state index in [2.05, 4.69) is 25.2 Å². The van der Waals surface area contributed by atoms with Crippen LogP contribution in [0.4, 0.5) is 5.82 Å². The number of esters is 1. The Kier molecular flexibility index (Phi) is 4.34. The van der Waals surface area contributed by atoms with E-state index < -0.39 is 5.97 Å². The van der Waals surface area contributed by atoms with E-state index in [1.807, 2.05) is 6.07 Å². The second-order valence-corrected chi connectivity index (χ2v) is 5.08. The highest BCUT2D eigenvalue weighted by Crippen LogP contribution is 2.25. The van der Waals surface area contributed by atoms with Crippen molar-refractivity contribution in [1.29, 1.82) is 0 Å². The number of nitrogens with one attached hydrogen (secondary N) is 2. The van der Waals surface area contributed by atoms with Crippen LogP contribution in [0.3, 0.4) is 0 Å². The lowest BCUT2D eigenvalue weighted by Crippen LogP contribution is -2.28. The molecule has 7 heteroatoms. The Labute approximate surface area is 127 Å². The summed E-state index contributed by atoms with van der Waals surface area (Å²) in [5.41, 5.74) is 1.53. The molecule has 0 aromatic carbocycles. The number of hydrogen-bond acceptors (Lipinski definition) is 6. The van der Waals surface area contributed by atoms with Gasteiger partial charge in [0.25, 0.3) is 0 Å². The number of anilines is 1. The van der Waals surface area contributed by atoms with Crippen LogP contribution in [0, 0.1) is 0 Å². The molecular weight excluding hydrogens is 284 g/mol. The van der Waals surface area contributed by atoms with E-state index in [0.29, 0.717) is 6.04 Å². The molecule has 0 radical (unpaired) electrons. The predicted octanol–water partition coefficient (Wildman–Crippen LogP) is 1.73. The smallest absolute Gasteiger partial charge is 0.330 e. The molecule has 2 aromatic rings. The molecule has 116 valence electrons. The monoisotopic (exact) mass is 302 g/mol. The summed E-state index contributed by atoms with van der Waals surface area (Å²) in [5, 5.41) is 11.5. The number of hydrogen-bond donors (Lipinski definition) is 2. The van der Waals surface area contributed by atoms with E-state index in [1.54, 1.807) is 12.3 Å². The van der Waals surface area contributed by atoms with Crippen molar-refractivity contribution in [2.45, 2.75) is 18.9 Å². The van der Waals surface area contributed by atoms with Gasteiger partial charge >= 0.3 is 5.97 Å². The van der Waals surface area contributed by atoms with Gasteiger partial charge in [-0.1, -0.05) is 0 Å². The summed E-state index contributed by atoms with van der Waals surface area (Å²) in [5.74, 6) is 0.355. The van der Waals surface area contributed by atoms with Crippen molar-refractivity contribution in [3.05, 3.63) is 24.0 Å². The summed E-state index contributed by atoms with van der Waals surface area (Å²) >= 11 is 0. The molecule has 3 heterocycles. The molecule has 7 nitrogen and oxygen atoms in total. The van der Waals surface area contributed by atoms with Gasteiger partial charge in [-0.05, 0) is 25.0 Å². The predicted molar refractivity (Wildman–Crippen MR) is 82.4 cm³/mol. The number of aromatic amines is 1. The SMILES string of the molecule is COC(=O)C=Cc1[nH]nc2ccnc(NC3CCOCC3)c12. The van der Waals surface area contributed by atoms with Crippen LogP contribution in [0.25, 0.3) is 17.0 Å². The fraction of sp³-hybridized carbons (Fsp3) is 0.400. The van der Waals surface area contributed by atoms with Gasteiger partial charge in [0.05, 0.1) is 23.7 Å². The lowest BCUT2D eigenvalue weighted by Gasteiger charge is -2.23. The Hall–Kier alpha value is -2.41. The molecule has 0 atom stereocenters. The minimum absolute atomic E-state index is 0.333. The standard InChI is InChI=1S/C15H18N4O3/c1-21-13(20)3-2-11-14-12(19-18-11)4-7-16-15(14)17-10-5-8-22-9-6-10/h2-4,7,10H,5-6,8-9H2,1H3,(H,16,17)(H,18,19). The second-order valence-electron chi connectivity index (χ2n) is 5.08. The molecule has 0 bridgehead atoms. The summed E-state index contributed by atoms with van der Waals surface area (Å²) in [6, 6.07) is 2.16. The molecule has 0 aliphatic carbocycles. The number of methoxy groups -OCH3 is 1. The summed E-state index contributed by atoms with van der Waals surface area (Å²) in [6.45, 7) is 1.52. The topological polar surface area (TPSA) is 89.1 Å². The average molecular weight is 302 g/mol. The van der Waals surface area contributed by atoms with Gasteiger partial charge in [0, 0.05) is 31.5 Å². The fourth-order valence-electron chi connectivity index (χ4n) is 2.47. The molecule has 1 aliphatic heterocycles. The number of nitrogens with zero attached hydrogens (tertiary/aromatic N) is 2. The number of carbonyl (C=O) groups excluding carboxylic acids is 1. The molecule has 2 aromatic heterocycles. The van der Waals surface area contributed by atoms with Gasteiger partial charge in [-0.15, -0.1) is 0 Å². The Morgan fingerprint density at radius 2 is 2.32 bits per heavy atom. The average Bonchev–Trinajstić information content (AvgIpc) is 2.98. The first-order valence-corrected chi connectivity index (χ1v) is 7.21. The molecule has 0 saturated carbocycles. The third-order valence-corrected chi connectivity index (χ3v) is 3.64. The number of fused-ring (bicyclic) bond motifs is 1. The van der Waals surface area contributed by atoms with E-state index in [0.717, 1.165) is 48.5 Å². The van der Waals surface area contributed by atoms with Crippen LogP contribution in [0.1, 0.15) is 18.5 Å². The third-order valence-electron chi connectivity index (χ3n) is 3.64. The Bertz CT molecular complexity index is 689. The lowest BCUT2D eigenvalue weighted by molar-refractivity contribution is -0.134. The number of carbonyl (C=O) groups is 1. The van der Waals surface area contributed by atoms with E-state index in [1.165, 1.54) is 13.2 Å². The van der Waals surface area contributed by atoms with Crippen molar-refractivity contribution in [3.63, 3.8) is 0 Å². The number of rotatable bonds is 4. The van der Waals surface area contributed by atoms with E-state index in [9.17, 15) is 4.79 Å². The zero-order valence-electron chi connectivity index (χ0n) is 12.3. The van der Waals surface area contributed by atoms with Crippen LogP contribution in [0.15, 0.2) is 18.3 Å². The van der Waals surface area contributed by atoms with E-state index in [4.69, 9.17) is 4.74 Å². The molecule has 0 spiro atoms. The Morgan fingerprint density at radius 1 is 1.50 bits per heavy atom.